The van der Waals surface area contributed by atoms with Gasteiger partial charge in [-0.1, -0.05) is 31.2 Å². The van der Waals surface area contributed by atoms with Crippen LogP contribution < -0.4 is 5.73 Å². The molecule has 1 aromatic rings. The summed E-state index contributed by atoms with van der Waals surface area (Å²) in [5, 5.41) is 9.58. The molecule has 1 aromatic carbocycles. The van der Waals surface area contributed by atoms with Crippen LogP contribution in [0.5, 0.6) is 0 Å². The number of hydrogen-bond acceptors (Lipinski definition) is 2. The largest absolute Gasteiger partial charge is 0.391 e. The monoisotopic (exact) mass is 215 g/mol. The van der Waals surface area contributed by atoms with Gasteiger partial charge in [0, 0.05) is 0 Å². The van der Waals surface area contributed by atoms with E-state index in [0.29, 0.717) is 6.42 Å². The maximum Gasteiger partial charge on any atom is 0.0730 e. The fourth-order valence-corrected chi connectivity index (χ4v) is 1.42. The molecule has 0 fully saturated rings. The van der Waals surface area contributed by atoms with E-state index >= 15 is 0 Å². The van der Waals surface area contributed by atoms with Gasteiger partial charge in [0.2, 0.25) is 0 Å². The summed E-state index contributed by atoms with van der Waals surface area (Å²) in [6, 6.07) is 7.65. The van der Waals surface area contributed by atoms with Gasteiger partial charge in [-0.25, -0.2) is 0 Å². The summed E-state index contributed by atoms with van der Waals surface area (Å²) in [6.45, 7) is 3.94. The summed E-state index contributed by atoms with van der Waals surface area (Å²) >= 11 is 0. The van der Waals surface area contributed by atoms with Gasteiger partial charge in [0.05, 0.1) is 12.1 Å². The van der Waals surface area contributed by atoms with Gasteiger partial charge in [-0.05, 0) is 24.5 Å². The minimum atomic E-state index is -0.443. The van der Waals surface area contributed by atoms with E-state index in [4.69, 9.17) is 5.73 Å². The first-order valence-electron chi connectivity index (χ1n) is 4.66. The van der Waals surface area contributed by atoms with Gasteiger partial charge >= 0.3 is 0 Å². The lowest BCUT2D eigenvalue weighted by molar-refractivity contribution is 0.140. The molecule has 3 N–H and O–H groups in total. The van der Waals surface area contributed by atoms with E-state index in [1.807, 2.05) is 38.1 Å². The Labute approximate surface area is 91.5 Å². The molecule has 0 aromatic heterocycles. The summed E-state index contributed by atoms with van der Waals surface area (Å²) < 4.78 is 0. The van der Waals surface area contributed by atoms with Crippen LogP contribution in [0.25, 0.3) is 0 Å². The quantitative estimate of drug-likeness (QED) is 0.812. The molecule has 0 aliphatic carbocycles. The molecule has 80 valence electrons. The Kier molecular flexibility index (Phi) is 5.77. The molecule has 0 bridgehead atoms. The molecular formula is C11H18ClNO. The Balaban J connectivity index is 0.00000169. The van der Waals surface area contributed by atoms with E-state index in [1.165, 1.54) is 0 Å². The molecule has 2 atom stereocenters. The van der Waals surface area contributed by atoms with E-state index in [1.54, 1.807) is 0 Å². The summed E-state index contributed by atoms with van der Waals surface area (Å²) in [6.07, 6.45) is 0.247. The van der Waals surface area contributed by atoms with Crippen molar-refractivity contribution in [2.24, 2.45) is 5.73 Å². The van der Waals surface area contributed by atoms with Crippen LogP contribution in [0.4, 0.5) is 0 Å². The second-order valence-electron chi connectivity index (χ2n) is 3.36. The van der Waals surface area contributed by atoms with Gasteiger partial charge in [0.15, 0.2) is 0 Å². The van der Waals surface area contributed by atoms with Crippen LogP contribution in [0.1, 0.15) is 30.5 Å². The average molecular weight is 216 g/mol. The highest BCUT2D eigenvalue weighted by Gasteiger charge is 2.15. The standard InChI is InChI=1S/C11H17NO.ClH/c1-3-10(13)11(12)9-7-5-4-6-8(9)2;/h4-7,10-11,13H,3,12H2,1-2H3;1H/t10-,11+;/m1./s1. The van der Waals surface area contributed by atoms with E-state index < -0.39 is 6.10 Å². The number of nitrogens with two attached hydrogens (primary N) is 1. The third-order valence-electron chi connectivity index (χ3n) is 2.38. The van der Waals surface area contributed by atoms with Crippen molar-refractivity contribution in [1.29, 1.82) is 0 Å². The maximum atomic E-state index is 9.58. The van der Waals surface area contributed by atoms with Crippen molar-refractivity contribution in [2.45, 2.75) is 32.4 Å². The predicted octanol–water partition coefficient (Wildman–Crippen LogP) is 2.19. The molecule has 2 nitrogen and oxygen atoms in total. The van der Waals surface area contributed by atoms with Crippen molar-refractivity contribution in [2.75, 3.05) is 0 Å². The Morgan fingerprint density at radius 2 is 1.93 bits per heavy atom. The van der Waals surface area contributed by atoms with Gasteiger partial charge < -0.3 is 10.8 Å². The summed E-state index contributed by atoms with van der Waals surface area (Å²) in [7, 11) is 0. The fraction of sp³-hybridized carbons (Fsp3) is 0.455. The molecule has 0 amide bonds. The van der Waals surface area contributed by atoms with Gasteiger partial charge in [0.1, 0.15) is 0 Å². The first-order chi connectivity index (χ1) is 6.16. The molecule has 0 aliphatic rings. The van der Waals surface area contributed by atoms with Crippen molar-refractivity contribution in [1.82, 2.24) is 0 Å². The minimum absolute atomic E-state index is 0. The van der Waals surface area contributed by atoms with Crippen LogP contribution in [0.3, 0.4) is 0 Å². The van der Waals surface area contributed by atoms with Crippen LogP contribution in [0, 0.1) is 6.92 Å². The van der Waals surface area contributed by atoms with Gasteiger partial charge in [-0.2, -0.15) is 0 Å². The number of halogens is 1. The highest BCUT2D eigenvalue weighted by atomic mass is 35.5. The van der Waals surface area contributed by atoms with Crippen molar-refractivity contribution in [3.8, 4) is 0 Å². The van der Waals surface area contributed by atoms with Crippen molar-refractivity contribution in [3.63, 3.8) is 0 Å². The Morgan fingerprint density at radius 1 is 1.36 bits per heavy atom. The Bertz CT molecular complexity index is 278. The van der Waals surface area contributed by atoms with Crippen LogP contribution in [-0.2, 0) is 0 Å². The number of aliphatic hydroxyl groups excluding tert-OH is 1. The minimum Gasteiger partial charge on any atom is -0.391 e. The van der Waals surface area contributed by atoms with Crippen LogP contribution >= 0.6 is 12.4 Å². The normalized spacial score (nSPS) is 14.3. The first-order valence-corrected chi connectivity index (χ1v) is 4.66. The number of rotatable bonds is 3. The molecule has 0 radical (unpaired) electrons. The molecule has 0 saturated heterocycles. The zero-order valence-electron chi connectivity index (χ0n) is 8.60. The predicted molar refractivity (Wildman–Crippen MR) is 61.7 cm³/mol. The van der Waals surface area contributed by atoms with E-state index in [2.05, 4.69) is 0 Å². The first kappa shape index (κ1) is 13.4. The van der Waals surface area contributed by atoms with Crippen LogP contribution in [0.2, 0.25) is 0 Å². The molecule has 0 saturated carbocycles. The lowest BCUT2D eigenvalue weighted by Gasteiger charge is -2.19. The second kappa shape index (κ2) is 6.02. The maximum absolute atomic E-state index is 9.58. The van der Waals surface area contributed by atoms with Gasteiger partial charge in [0.25, 0.3) is 0 Å². The van der Waals surface area contributed by atoms with E-state index in [-0.39, 0.29) is 18.4 Å². The third kappa shape index (κ3) is 2.98. The third-order valence-corrected chi connectivity index (χ3v) is 2.38. The Morgan fingerprint density at radius 3 is 2.43 bits per heavy atom. The summed E-state index contributed by atoms with van der Waals surface area (Å²) in [4.78, 5) is 0. The molecule has 1 rings (SSSR count). The second-order valence-corrected chi connectivity index (χ2v) is 3.36. The highest BCUT2D eigenvalue weighted by molar-refractivity contribution is 5.85. The molecule has 0 heterocycles. The average Bonchev–Trinajstić information content (AvgIpc) is 2.16. The number of aryl methyl sites for hydroxylation is 1. The number of hydrogen-bond donors (Lipinski definition) is 2. The molecule has 3 heteroatoms. The molecular weight excluding hydrogens is 198 g/mol. The molecule has 0 unspecified atom stereocenters. The SMILES string of the molecule is CC[C@@H](O)[C@@H](N)c1ccccc1C.Cl. The van der Waals surface area contributed by atoms with E-state index in [9.17, 15) is 5.11 Å². The summed E-state index contributed by atoms with van der Waals surface area (Å²) in [5.41, 5.74) is 8.08. The number of benzene rings is 1. The summed E-state index contributed by atoms with van der Waals surface area (Å²) in [5.74, 6) is 0. The van der Waals surface area contributed by atoms with E-state index in [0.717, 1.165) is 11.1 Å². The molecule has 0 aliphatic heterocycles. The van der Waals surface area contributed by atoms with Crippen LogP contribution in [-0.4, -0.2) is 11.2 Å². The number of aliphatic hydroxyl groups is 1. The highest BCUT2D eigenvalue weighted by Crippen LogP contribution is 2.19. The van der Waals surface area contributed by atoms with Gasteiger partial charge in [-0.3, -0.25) is 0 Å². The topological polar surface area (TPSA) is 46.2 Å². The lowest BCUT2D eigenvalue weighted by atomic mass is 9.97. The smallest absolute Gasteiger partial charge is 0.0730 e. The van der Waals surface area contributed by atoms with Crippen molar-refractivity contribution >= 4 is 12.4 Å². The van der Waals surface area contributed by atoms with Crippen molar-refractivity contribution < 1.29 is 5.11 Å². The lowest BCUT2D eigenvalue weighted by Crippen LogP contribution is -2.26. The Hall–Kier alpha value is -0.570. The van der Waals surface area contributed by atoms with Crippen molar-refractivity contribution in [3.05, 3.63) is 35.4 Å². The molecule has 0 spiro atoms. The van der Waals surface area contributed by atoms with Gasteiger partial charge in [-0.15, -0.1) is 12.4 Å². The van der Waals surface area contributed by atoms with Crippen LogP contribution in [0.15, 0.2) is 24.3 Å². The zero-order chi connectivity index (χ0) is 9.84. The molecule has 14 heavy (non-hydrogen) atoms. The zero-order valence-corrected chi connectivity index (χ0v) is 9.42. The fourth-order valence-electron chi connectivity index (χ4n) is 1.42.